The van der Waals surface area contributed by atoms with E-state index in [1.54, 1.807) is 42.6 Å². The van der Waals surface area contributed by atoms with Gasteiger partial charge in [0, 0.05) is 76.4 Å². The molecule has 1 fully saturated rings. The molecule has 0 bridgehead atoms. The average Bonchev–Trinajstić information content (AvgIpc) is 3.80. The molecule has 78 heavy (non-hydrogen) atoms. The lowest BCUT2D eigenvalue weighted by atomic mass is 10.0. The lowest BCUT2D eigenvalue weighted by Gasteiger charge is -2.28. The molecule has 1 saturated heterocycles. The van der Waals surface area contributed by atoms with Gasteiger partial charge in [0.15, 0.2) is 11.9 Å². The van der Waals surface area contributed by atoms with E-state index in [-0.39, 0.29) is 121 Å². The number of aromatic amines is 1. The summed E-state index contributed by atoms with van der Waals surface area (Å²) in [4.78, 5) is 140. The predicted octanol–water partition coefficient (Wildman–Crippen LogP) is -3.02. The Labute approximate surface area is 451 Å². The van der Waals surface area contributed by atoms with Crippen molar-refractivity contribution < 1.29 is 47.9 Å². The van der Waals surface area contributed by atoms with Crippen LogP contribution in [0.1, 0.15) is 89.2 Å². The number of primary amides is 1. The summed E-state index contributed by atoms with van der Waals surface area (Å²) in [6, 6.07) is 6.27. The molecule has 1 aliphatic heterocycles. The fraction of sp³-hybridized carbons (Fsp3) is 0.490. The number of nitrogens with one attached hydrogen (secondary N) is 14. The average molecular weight is 1090 g/mol. The molecule has 1 aromatic heterocycles. The van der Waals surface area contributed by atoms with E-state index < -0.39 is 95.5 Å². The van der Waals surface area contributed by atoms with Gasteiger partial charge in [-0.15, -0.1) is 0 Å². The monoisotopic (exact) mass is 1090 g/mol. The molecular formula is C51H75N17O10. The summed E-state index contributed by atoms with van der Waals surface area (Å²) >= 11 is 0. The van der Waals surface area contributed by atoms with Crippen LogP contribution in [0.3, 0.4) is 0 Å². The Morgan fingerprint density at radius 3 is 1.81 bits per heavy atom. The Morgan fingerprint density at radius 2 is 1.19 bits per heavy atom. The van der Waals surface area contributed by atoms with Gasteiger partial charge in [-0.05, 0) is 75.0 Å². The maximum atomic E-state index is 14.7. The first-order valence-corrected chi connectivity index (χ1v) is 25.8. The maximum absolute atomic E-state index is 14.7. The third kappa shape index (κ3) is 21.8. The zero-order chi connectivity index (χ0) is 57.1. The molecule has 2 aromatic carbocycles. The molecule has 0 radical (unpaired) electrons. The topological polar surface area (TPSA) is 445 Å². The third-order valence-corrected chi connectivity index (χ3v) is 12.6. The van der Waals surface area contributed by atoms with Gasteiger partial charge in [0.2, 0.25) is 59.1 Å². The van der Waals surface area contributed by atoms with E-state index in [4.69, 9.17) is 28.0 Å². The lowest BCUT2D eigenvalue weighted by molar-refractivity contribution is -0.136. The number of aromatic nitrogens is 1. The highest BCUT2D eigenvalue weighted by atomic mass is 16.2. The van der Waals surface area contributed by atoms with Crippen LogP contribution in [0, 0.1) is 10.8 Å². The van der Waals surface area contributed by atoms with Crippen LogP contribution in [0.4, 0.5) is 0 Å². The van der Waals surface area contributed by atoms with Gasteiger partial charge in [0.05, 0.1) is 0 Å². The fourth-order valence-corrected chi connectivity index (χ4v) is 8.56. The second-order valence-electron chi connectivity index (χ2n) is 18.9. The molecular weight excluding hydrogens is 1010 g/mol. The molecule has 1 unspecified atom stereocenters. The Kier molecular flexibility index (Phi) is 25.3. The smallest absolute Gasteiger partial charge is 0.243 e. The van der Waals surface area contributed by atoms with Crippen molar-refractivity contribution in [3.63, 3.8) is 0 Å². The minimum atomic E-state index is -1.51. The Hall–Kier alpha value is -8.78. The van der Waals surface area contributed by atoms with Crippen molar-refractivity contribution in [1.82, 2.24) is 63.5 Å². The standard InChI is InChI=1S/C51H75N17O10/c1-29(69)57-22-9-18-37-45(74)67-40(26-31-12-4-3-5-13-31)48(77)65-38(19-11-25-60-51(55)56)46(75)68-41(27-32-28-61-34-15-7-6-14-33(32)34)49(78)63-35(43(52)72)16-8-23-58-42(71)21-20-39(47(76)64-37)66-44(73)36(62-30(2)70)17-10-24-59-50(53)54/h3-7,12-15,28,35-41,61H,8-11,16-27H2,1-2H3,(H2,52,72)(H,57,69)(H,58,71)(H,62,70)(H,63,78)(H,64,76)(H,65,77)(H,66,73)(H,67,74)(H,68,75)(H4,53,54,59)(H4,55,56,60)/t35?,36-,37-,38-,39-,40+,41-/m0/s1. The number of para-hydroxylation sites is 1. The van der Waals surface area contributed by atoms with Crippen LogP contribution in [0.5, 0.6) is 0 Å². The van der Waals surface area contributed by atoms with Crippen LogP contribution in [0.2, 0.25) is 0 Å². The third-order valence-electron chi connectivity index (χ3n) is 12.6. The van der Waals surface area contributed by atoms with Gasteiger partial charge >= 0.3 is 0 Å². The molecule has 20 N–H and O–H groups in total. The van der Waals surface area contributed by atoms with Crippen molar-refractivity contribution in [3.05, 3.63) is 71.9 Å². The number of amides is 10. The number of fused-ring (bicyclic) bond motifs is 1. The number of nitrogens with two attached hydrogens (primary N) is 3. The van der Waals surface area contributed by atoms with E-state index in [2.05, 4.69) is 63.5 Å². The van der Waals surface area contributed by atoms with E-state index in [0.29, 0.717) is 11.1 Å². The summed E-state index contributed by atoms with van der Waals surface area (Å²) in [5.41, 5.74) is 18.7. The SMILES string of the molecule is CC(=O)NCCC[C@@H]1NC(=O)[C@@H](NC(=O)[C@H](CCCNC(=N)N)NC(C)=O)CCC(=O)NCCCC(C(N)=O)NC(=O)[C@H](Cc2c[nH]c3ccccc23)NC(=O)[C@H](CCCNC(=N)N)NC(=O)[C@@H](Cc2ccccc2)NC1=O. The summed E-state index contributed by atoms with van der Waals surface area (Å²) in [7, 11) is 0. The van der Waals surface area contributed by atoms with Gasteiger partial charge in [0.25, 0.3) is 0 Å². The molecule has 0 spiro atoms. The number of guanidine groups is 2. The first kappa shape index (κ1) is 61.8. The van der Waals surface area contributed by atoms with E-state index >= 15 is 0 Å². The number of rotatable bonds is 20. The van der Waals surface area contributed by atoms with Gasteiger partial charge in [-0.25, -0.2) is 0 Å². The first-order chi connectivity index (χ1) is 37.2. The van der Waals surface area contributed by atoms with Crippen LogP contribution in [-0.2, 0) is 60.8 Å². The normalized spacial score (nSPS) is 20.6. The lowest BCUT2D eigenvalue weighted by Crippen LogP contribution is -2.60. The van der Waals surface area contributed by atoms with Crippen LogP contribution < -0.4 is 75.7 Å². The van der Waals surface area contributed by atoms with Crippen molar-refractivity contribution in [2.75, 3.05) is 26.2 Å². The van der Waals surface area contributed by atoms with E-state index in [9.17, 15) is 47.9 Å². The van der Waals surface area contributed by atoms with Crippen LogP contribution in [-0.4, -0.2) is 144 Å². The maximum Gasteiger partial charge on any atom is 0.243 e. The molecule has 10 amide bonds. The molecule has 27 heteroatoms. The largest absolute Gasteiger partial charge is 0.370 e. The van der Waals surface area contributed by atoms with Crippen molar-refractivity contribution in [1.29, 1.82) is 10.8 Å². The van der Waals surface area contributed by atoms with Crippen LogP contribution in [0.25, 0.3) is 10.9 Å². The van der Waals surface area contributed by atoms with Gasteiger partial charge in [0.1, 0.15) is 42.3 Å². The highest BCUT2D eigenvalue weighted by molar-refractivity contribution is 5.98. The van der Waals surface area contributed by atoms with Gasteiger partial charge in [-0.1, -0.05) is 48.5 Å². The molecule has 27 nitrogen and oxygen atoms in total. The minimum Gasteiger partial charge on any atom is -0.370 e. The molecule has 2 heterocycles. The minimum absolute atomic E-state index is 0.0311. The summed E-state index contributed by atoms with van der Waals surface area (Å²) in [5.74, 6) is -8.13. The second kappa shape index (κ2) is 32.0. The van der Waals surface area contributed by atoms with E-state index in [0.717, 1.165) is 10.9 Å². The quantitative estimate of drug-likeness (QED) is 0.0305. The van der Waals surface area contributed by atoms with Gasteiger partial charge in [-0.2, -0.15) is 0 Å². The molecule has 7 atom stereocenters. The zero-order valence-corrected chi connectivity index (χ0v) is 43.9. The van der Waals surface area contributed by atoms with E-state index in [1.165, 1.54) is 13.8 Å². The molecule has 0 aliphatic carbocycles. The highest BCUT2D eigenvalue weighted by Gasteiger charge is 2.35. The number of hydrogen-bond donors (Lipinski definition) is 17. The van der Waals surface area contributed by atoms with Gasteiger partial charge in [-0.3, -0.25) is 58.8 Å². The predicted molar refractivity (Wildman–Crippen MR) is 288 cm³/mol. The first-order valence-electron chi connectivity index (χ1n) is 25.8. The highest BCUT2D eigenvalue weighted by Crippen LogP contribution is 2.20. The fourth-order valence-electron chi connectivity index (χ4n) is 8.56. The summed E-state index contributed by atoms with van der Waals surface area (Å²) in [6.45, 7) is 2.82. The van der Waals surface area contributed by atoms with Crippen molar-refractivity contribution in [3.8, 4) is 0 Å². The molecule has 424 valence electrons. The number of carbonyl (C=O) groups is 10. The number of carbonyl (C=O) groups excluding carboxylic acids is 10. The molecule has 3 aromatic rings. The van der Waals surface area contributed by atoms with Crippen molar-refractivity contribution >= 4 is 81.9 Å². The van der Waals surface area contributed by atoms with Gasteiger partial charge < -0.3 is 80.7 Å². The van der Waals surface area contributed by atoms with Crippen LogP contribution >= 0.6 is 0 Å². The molecule has 4 rings (SSSR count). The second-order valence-corrected chi connectivity index (χ2v) is 18.9. The Morgan fingerprint density at radius 1 is 0.641 bits per heavy atom. The Balaban J connectivity index is 1.79. The molecule has 0 saturated carbocycles. The van der Waals surface area contributed by atoms with Crippen molar-refractivity contribution in [2.24, 2.45) is 17.2 Å². The number of hydrogen-bond acceptors (Lipinski definition) is 12. The Bertz CT molecular complexity index is 2590. The summed E-state index contributed by atoms with van der Waals surface area (Å²) in [6.07, 6.45) is 1.21. The zero-order valence-electron chi connectivity index (χ0n) is 43.9. The summed E-state index contributed by atoms with van der Waals surface area (Å²) < 4.78 is 0. The number of H-pyrrole nitrogens is 1. The molecule has 1 aliphatic rings. The van der Waals surface area contributed by atoms with Crippen molar-refractivity contribution in [2.45, 2.75) is 133 Å². The van der Waals surface area contributed by atoms with E-state index in [1.807, 2.05) is 18.2 Å². The summed E-state index contributed by atoms with van der Waals surface area (Å²) in [5, 5.41) is 45.1. The number of benzene rings is 2. The van der Waals surface area contributed by atoms with Crippen LogP contribution in [0.15, 0.2) is 60.8 Å².